The highest BCUT2D eigenvalue weighted by atomic mass is 16.5. The lowest BCUT2D eigenvalue weighted by molar-refractivity contribution is 0.340. The first-order valence-electron chi connectivity index (χ1n) is 6.21. The van der Waals surface area contributed by atoms with Gasteiger partial charge in [0.05, 0.1) is 20.2 Å². The van der Waals surface area contributed by atoms with Gasteiger partial charge >= 0.3 is 0 Å². The standard InChI is InChI=1S/C13H15N5O/c1-3-19-11-4-5-12-10(8-11)6-7-18(12)9-13-14-16-17(2)15-13/h4-8H,3,9H2,1-2H3. The summed E-state index contributed by atoms with van der Waals surface area (Å²) in [4.78, 5) is 1.47. The first-order chi connectivity index (χ1) is 9.26. The maximum atomic E-state index is 5.50. The predicted octanol–water partition coefficient (Wildman–Crippen LogP) is 1.61. The van der Waals surface area contributed by atoms with Gasteiger partial charge in [0.1, 0.15) is 5.75 Å². The van der Waals surface area contributed by atoms with E-state index in [1.807, 2.05) is 25.3 Å². The molecule has 2 aromatic heterocycles. The minimum atomic E-state index is 0.616. The third-order valence-electron chi connectivity index (χ3n) is 2.91. The topological polar surface area (TPSA) is 57.8 Å². The van der Waals surface area contributed by atoms with E-state index in [1.165, 1.54) is 4.80 Å². The van der Waals surface area contributed by atoms with Gasteiger partial charge in [0, 0.05) is 17.1 Å². The van der Waals surface area contributed by atoms with Crippen molar-refractivity contribution in [2.45, 2.75) is 13.5 Å². The first kappa shape index (κ1) is 11.7. The van der Waals surface area contributed by atoms with Crippen LogP contribution < -0.4 is 4.74 Å². The van der Waals surface area contributed by atoms with Crippen LogP contribution in [0.1, 0.15) is 12.7 Å². The molecule has 0 aliphatic carbocycles. The summed E-state index contributed by atoms with van der Waals surface area (Å²) in [6.07, 6.45) is 2.02. The van der Waals surface area contributed by atoms with Crippen LogP contribution in [0, 0.1) is 0 Å². The van der Waals surface area contributed by atoms with Crippen molar-refractivity contribution in [1.82, 2.24) is 24.8 Å². The van der Waals surface area contributed by atoms with E-state index in [1.54, 1.807) is 7.05 Å². The average molecular weight is 257 g/mol. The highest BCUT2D eigenvalue weighted by Crippen LogP contribution is 2.22. The van der Waals surface area contributed by atoms with Crippen LogP contribution in [0.25, 0.3) is 10.9 Å². The van der Waals surface area contributed by atoms with Crippen LogP contribution in [-0.4, -0.2) is 31.4 Å². The molecule has 98 valence electrons. The monoisotopic (exact) mass is 257 g/mol. The van der Waals surface area contributed by atoms with Crippen molar-refractivity contribution in [2.24, 2.45) is 7.05 Å². The second-order valence-electron chi connectivity index (χ2n) is 4.29. The third-order valence-corrected chi connectivity index (χ3v) is 2.91. The highest BCUT2D eigenvalue weighted by Gasteiger charge is 2.06. The fourth-order valence-corrected chi connectivity index (χ4v) is 2.11. The van der Waals surface area contributed by atoms with Crippen LogP contribution >= 0.6 is 0 Å². The maximum absolute atomic E-state index is 5.50. The minimum absolute atomic E-state index is 0.616. The molecule has 19 heavy (non-hydrogen) atoms. The molecule has 3 aromatic rings. The van der Waals surface area contributed by atoms with Gasteiger partial charge in [-0.1, -0.05) is 0 Å². The van der Waals surface area contributed by atoms with E-state index < -0.39 is 0 Å². The normalized spacial score (nSPS) is 11.1. The Labute approximate surface area is 110 Å². The molecule has 0 fully saturated rings. The van der Waals surface area contributed by atoms with Gasteiger partial charge in [-0.25, -0.2) is 0 Å². The molecular formula is C13H15N5O. The number of aryl methyl sites for hydroxylation is 1. The number of hydrogen-bond donors (Lipinski definition) is 0. The van der Waals surface area contributed by atoms with Crippen LogP contribution in [0.5, 0.6) is 5.75 Å². The van der Waals surface area contributed by atoms with Crippen molar-refractivity contribution in [3.8, 4) is 5.75 Å². The molecule has 0 saturated heterocycles. The van der Waals surface area contributed by atoms with E-state index in [2.05, 4.69) is 32.1 Å². The van der Waals surface area contributed by atoms with Crippen molar-refractivity contribution in [3.05, 3.63) is 36.3 Å². The van der Waals surface area contributed by atoms with E-state index in [0.29, 0.717) is 19.0 Å². The Morgan fingerprint density at radius 1 is 1.26 bits per heavy atom. The highest BCUT2D eigenvalue weighted by molar-refractivity contribution is 5.81. The molecule has 0 radical (unpaired) electrons. The number of aromatic nitrogens is 5. The first-order valence-corrected chi connectivity index (χ1v) is 6.21. The SMILES string of the molecule is CCOc1ccc2c(ccn2Cc2nnn(C)n2)c1. The van der Waals surface area contributed by atoms with Gasteiger partial charge in [-0.05, 0) is 36.4 Å². The molecule has 0 saturated carbocycles. The summed E-state index contributed by atoms with van der Waals surface area (Å²) in [6, 6.07) is 8.14. The molecule has 0 unspecified atom stereocenters. The average Bonchev–Trinajstić information content (AvgIpc) is 2.97. The predicted molar refractivity (Wildman–Crippen MR) is 71.0 cm³/mol. The smallest absolute Gasteiger partial charge is 0.194 e. The number of fused-ring (bicyclic) bond motifs is 1. The molecule has 0 atom stereocenters. The quantitative estimate of drug-likeness (QED) is 0.712. The van der Waals surface area contributed by atoms with Crippen LogP contribution in [0.15, 0.2) is 30.5 Å². The number of ether oxygens (including phenoxy) is 1. The molecule has 6 nitrogen and oxygen atoms in total. The Balaban J connectivity index is 1.92. The molecule has 0 aliphatic rings. The van der Waals surface area contributed by atoms with E-state index in [9.17, 15) is 0 Å². The summed E-state index contributed by atoms with van der Waals surface area (Å²) < 4.78 is 7.60. The fraction of sp³-hybridized carbons (Fsp3) is 0.308. The van der Waals surface area contributed by atoms with E-state index in [0.717, 1.165) is 16.7 Å². The third kappa shape index (κ3) is 2.29. The van der Waals surface area contributed by atoms with Gasteiger partial charge in [-0.3, -0.25) is 0 Å². The van der Waals surface area contributed by atoms with Crippen LogP contribution in [0.4, 0.5) is 0 Å². The van der Waals surface area contributed by atoms with Gasteiger partial charge in [0.25, 0.3) is 0 Å². The Bertz CT molecular complexity index is 700. The number of nitrogens with zero attached hydrogens (tertiary/aromatic N) is 5. The van der Waals surface area contributed by atoms with E-state index in [-0.39, 0.29) is 0 Å². The molecule has 0 aliphatic heterocycles. The van der Waals surface area contributed by atoms with E-state index >= 15 is 0 Å². The lowest BCUT2D eigenvalue weighted by Crippen LogP contribution is -2.01. The summed E-state index contributed by atoms with van der Waals surface area (Å²) in [7, 11) is 1.76. The van der Waals surface area contributed by atoms with Gasteiger partial charge in [0.15, 0.2) is 5.82 Å². The van der Waals surface area contributed by atoms with Gasteiger partial charge in [-0.2, -0.15) is 4.80 Å². The Morgan fingerprint density at radius 3 is 2.89 bits per heavy atom. The van der Waals surface area contributed by atoms with Crippen LogP contribution in [-0.2, 0) is 13.6 Å². The molecule has 6 heteroatoms. The second kappa shape index (κ2) is 4.72. The zero-order chi connectivity index (χ0) is 13.2. The number of rotatable bonds is 4. The Hall–Kier alpha value is -2.37. The van der Waals surface area contributed by atoms with Gasteiger partial charge < -0.3 is 9.30 Å². The summed E-state index contributed by atoms with van der Waals surface area (Å²) in [5.41, 5.74) is 1.14. The number of hydrogen-bond acceptors (Lipinski definition) is 4. The van der Waals surface area contributed by atoms with Gasteiger partial charge in [-0.15, -0.1) is 10.2 Å². The zero-order valence-electron chi connectivity index (χ0n) is 10.9. The summed E-state index contributed by atoms with van der Waals surface area (Å²) in [6.45, 7) is 3.27. The Kier molecular flexibility index (Phi) is 2.91. The lowest BCUT2D eigenvalue weighted by atomic mass is 10.2. The summed E-state index contributed by atoms with van der Waals surface area (Å²) in [5.74, 6) is 1.60. The largest absolute Gasteiger partial charge is 0.494 e. The summed E-state index contributed by atoms with van der Waals surface area (Å²) in [5, 5.41) is 13.2. The molecular weight excluding hydrogens is 242 g/mol. The van der Waals surface area contributed by atoms with Crippen molar-refractivity contribution in [3.63, 3.8) is 0 Å². The summed E-state index contributed by atoms with van der Waals surface area (Å²) >= 11 is 0. The van der Waals surface area contributed by atoms with Gasteiger partial charge in [0.2, 0.25) is 0 Å². The zero-order valence-corrected chi connectivity index (χ0v) is 10.9. The second-order valence-corrected chi connectivity index (χ2v) is 4.29. The number of benzene rings is 1. The Morgan fingerprint density at radius 2 is 2.16 bits per heavy atom. The molecule has 0 spiro atoms. The number of tetrazole rings is 1. The van der Waals surface area contributed by atoms with Crippen molar-refractivity contribution < 1.29 is 4.74 Å². The fourth-order valence-electron chi connectivity index (χ4n) is 2.11. The molecule has 3 rings (SSSR count). The lowest BCUT2D eigenvalue weighted by Gasteiger charge is -2.04. The molecule has 2 heterocycles. The van der Waals surface area contributed by atoms with Crippen molar-refractivity contribution >= 4 is 10.9 Å². The minimum Gasteiger partial charge on any atom is -0.494 e. The molecule has 1 aromatic carbocycles. The van der Waals surface area contributed by atoms with Crippen LogP contribution in [0.3, 0.4) is 0 Å². The van der Waals surface area contributed by atoms with Crippen molar-refractivity contribution in [1.29, 1.82) is 0 Å². The maximum Gasteiger partial charge on any atom is 0.194 e. The molecule has 0 amide bonds. The van der Waals surface area contributed by atoms with E-state index in [4.69, 9.17) is 4.74 Å². The van der Waals surface area contributed by atoms with Crippen LogP contribution in [0.2, 0.25) is 0 Å². The molecule has 0 bridgehead atoms. The molecule has 0 N–H and O–H groups in total. The van der Waals surface area contributed by atoms with Crippen molar-refractivity contribution in [2.75, 3.05) is 6.61 Å².